The van der Waals surface area contributed by atoms with E-state index in [-0.39, 0.29) is 12.2 Å². The van der Waals surface area contributed by atoms with E-state index in [9.17, 15) is 9.90 Å². The summed E-state index contributed by atoms with van der Waals surface area (Å²) in [5, 5.41) is 10.0. The normalized spacial score (nSPS) is 11.4. The van der Waals surface area contributed by atoms with Gasteiger partial charge in [0.25, 0.3) is 5.56 Å². The van der Waals surface area contributed by atoms with Gasteiger partial charge >= 0.3 is 0 Å². The highest BCUT2D eigenvalue weighted by Gasteiger charge is 2.16. The first kappa shape index (κ1) is 18.7. The molecule has 5 nitrogen and oxygen atoms in total. The molecule has 0 amide bonds. The fourth-order valence-corrected chi connectivity index (χ4v) is 3.40. The predicted molar refractivity (Wildman–Crippen MR) is 105 cm³/mol. The van der Waals surface area contributed by atoms with Gasteiger partial charge in [-0.05, 0) is 25.5 Å². The number of hydrogen-bond donors (Lipinski definition) is 1. The Bertz CT molecular complexity index is 958. The van der Waals surface area contributed by atoms with Crippen LogP contribution in [0.1, 0.15) is 37.4 Å². The number of fused-ring (bicyclic) bond motifs is 1. The first-order chi connectivity index (χ1) is 12.6. The molecular formula is C20H24ClN3O2. The summed E-state index contributed by atoms with van der Waals surface area (Å²) in [4.78, 5) is 17.6. The molecule has 1 N–H and O–H groups in total. The van der Waals surface area contributed by atoms with Gasteiger partial charge in [0.15, 0.2) is 0 Å². The molecule has 0 fully saturated rings. The van der Waals surface area contributed by atoms with E-state index in [1.165, 1.54) is 0 Å². The van der Waals surface area contributed by atoms with Gasteiger partial charge in [-0.3, -0.25) is 9.20 Å². The molecule has 0 saturated carbocycles. The lowest BCUT2D eigenvalue weighted by Crippen LogP contribution is -2.25. The minimum Gasteiger partial charge on any atom is -0.396 e. The molecule has 2 heterocycles. The number of unbranched alkanes of at least 4 members (excludes halogenated alkanes) is 2. The summed E-state index contributed by atoms with van der Waals surface area (Å²) in [6.07, 6.45) is 5.40. The molecule has 1 aromatic carbocycles. The van der Waals surface area contributed by atoms with Gasteiger partial charge in [-0.1, -0.05) is 43.5 Å². The quantitative estimate of drug-likeness (QED) is 0.640. The maximum atomic E-state index is 12.9. The summed E-state index contributed by atoms with van der Waals surface area (Å²) >= 11 is 5.97. The van der Waals surface area contributed by atoms with E-state index < -0.39 is 0 Å². The SMILES string of the molecule is CCCCCn1c(C)c(CCO)c(=O)n2cc(-c3ccc(Cl)cc3)nc12. The molecular weight excluding hydrogens is 350 g/mol. The van der Waals surface area contributed by atoms with Gasteiger partial charge in [0.1, 0.15) is 0 Å². The number of aliphatic hydroxyl groups excluding tert-OH is 1. The van der Waals surface area contributed by atoms with Crippen LogP contribution >= 0.6 is 11.6 Å². The molecule has 0 spiro atoms. The molecule has 0 atom stereocenters. The summed E-state index contributed by atoms with van der Waals surface area (Å²) in [5.41, 5.74) is 3.09. The van der Waals surface area contributed by atoms with Gasteiger partial charge in [0.05, 0.1) is 5.69 Å². The summed E-state index contributed by atoms with van der Waals surface area (Å²) in [7, 11) is 0. The lowest BCUT2D eigenvalue weighted by Gasteiger charge is -2.15. The van der Waals surface area contributed by atoms with Crippen molar-refractivity contribution >= 4 is 17.4 Å². The fourth-order valence-electron chi connectivity index (χ4n) is 3.27. The average Bonchev–Trinajstić information content (AvgIpc) is 3.07. The first-order valence-corrected chi connectivity index (χ1v) is 9.42. The highest BCUT2D eigenvalue weighted by atomic mass is 35.5. The minimum absolute atomic E-state index is 0.0463. The predicted octanol–water partition coefficient (Wildman–Crippen LogP) is 3.85. The standard InChI is InChI=1S/C20H24ClN3O2/c1-3-4-5-11-23-14(2)17(10-12-25)19(26)24-13-18(22-20(23)24)15-6-8-16(21)9-7-15/h6-9,13,25H,3-5,10-12H2,1-2H3. The van der Waals surface area contributed by atoms with Crippen molar-refractivity contribution in [3.05, 3.63) is 57.1 Å². The number of hydrogen-bond acceptors (Lipinski definition) is 3. The van der Waals surface area contributed by atoms with Gasteiger partial charge in [-0.15, -0.1) is 0 Å². The molecule has 0 aliphatic carbocycles. The number of imidazole rings is 1. The van der Waals surface area contributed by atoms with Crippen molar-refractivity contribution in [2.24, 2.45) is 0 Å². The topological polar surface area (TPSA) is 59.5 Å². The minimum atomic E-state index is -0.106. The van der Waals surface area contributed by atoms with E-state index in [2.05, 4.69) is 11.5 Å². The molecule has 3 aromatic rings. The van der Waals surface area contributed by atoms with Crippen LogP contribution in [-0.2, 0) is 13.0 Å². The fraction of sp³-hybridized carbons (Fsp3) is 0.400. The highest BCUT2D eigenvalue weighted by Crippen LogP contribution is 2.22. The zero-order chi connectivity index (χ0) is 18.7. The number of aliphatic hydroxyl groups is 1. The highest BCUT2D eigenvalue weighted by molar-refractivity contribution is 6.30. The number of halogens is 1. The van der Waals surface area contributed by atoms with E-state index >= 15 is 0 Å². The van der Waals surface area contributed by atoms with Gasteiger partial charge in [0, 0.05) is 47.6 Å². The summed E-state index contributed by atoms with van der Waals surface area (Å²) in [5.74, 6) is 0.648. The summed E-state index contributed by atoms with van der Waals surface area (Å²) < 4.78 is 3.70. The number of benzene rings is 1. The Hall–Kier alpha value is -2.11. The largest absolute Gasteiger partial charge is 0.396 e. The van der Waals surface area contributed by atoms with E-state index in [1.54, 1.807) is 10.6 Å². The summed E-state index contributed by atoms with van der Waals surface area (Å²) in [6.45, 7) is 4.86. The number of nitrogens with zero attached hydrogens (tertiary/aromatic N) is 3. The van der Waals surface area contributed by atoms with Gasteiger partial charge in [0.2, 0.25) is 5.78 Å². The Kier molecular flexibility index (Phi) is 5.79. The van der Waals surface area contributed by atoms with E-state index in [0.717, 1.165) is 42.8 Å². The average molecular weight is 374 g/mol. The van der Waals surface area contributed by atoms with Crippen LogP contribution in [-0.4, -0.2) is 25.7 Å². The number of rotatable bonds is 7. The monoisotopic (exact) mass is 373 g/mol. The van der Waals surface area contributed by atoms with Crippen LogP contribution in [0.3, 0.4) is 0 Å². The molecule has 0 radical (unpaired) electrons. The van der Waals surface area contributed by atoms with Crippen molar-refractivity contribution in [1.82, 2.24) is 14.0 Å². The lowest BCUT2D eigenvalue weighted by molar-refractivity contribution is 0.298. The van der Waals surface area contributed by atoms with Crippen LogP contribution in [0.25, 0.3) is 17.0 Å². The second-order valence-corrected chi connectivity index (χ2v) is 6.94. The summed E-state index contributed by atoms with van der Waals surface area (Å²) in [6, 6.07) is 7.43. The zero-order valence-electron chi connectivity index (χ0n) is 15.2. The molecule has 6 heteroatoms. The van der Waals surface area contributed by atoms with E-state index in [4.69, 9.17) is 16.6 Å². The van der Waals surface area contributed by atoms with Crippen LogP contribution in [0, 0.1) is 6.92 Å². The molecule has 0 aliphatic rings. The molecule has 2 aromatic heterocycles. The maximum Gasteiger partial charge on any atom is 0.262 e. The molecule has 0 aliphatic heterocycles. The molecule has 3 rings (SSSR count). The molecule has 26 heavy (non-hydrogen) atoms. The van der Waals surface area contributed by atoms with Crippen molar-refractivity contribution in [3.63, 3.8) is 0 Å². The smallest absolute Gasteiger partial charge is 0.262 e. The van der Waals surface area contributed by atoms with Crippen molar-refractivity contribution < 1.29 is 5.11 Å². The van der Waals surface area contributed by atoms with Crippen LogP contribution in [0.5, 0.6) is 0 Å². The van der Waals surface area contributed by atoms with Crippen LogP contribution in [0.15, 0.2) is 35.3 Å². The van der Waals surface area contributed by atoms with Crippen LogP contribution in [0.2, 0.25) is 5.02 Å². The number of aromatic nitrogens is 3. The Balaban J connectivity index is 2.18. The lowest BCUT2D eigenvalue weighted by atomic mass is 10.1. The molecule has 0 unspecified atom stereocenters. The third kappa shape index (κ3) is 3.55. The third-order valence-corrected chi connectivity index (χ3v) is 4.99. The Morgan fingerprint density at radius 1 is 1.19 bits per heavy atom. The molecule has 0 bridgehead atoms. The maximum absolute atomic E-state index is 12.9. The van der Waals surface area contributed by atoms with Crippen molar-refractivity contribution in [3.8, 4) is 11.3 Å². The van der Waals surface area contributed by atoms with Crippen molar-refractivity contribution in [2.45, 2.75) is 46.1 Å². The van der Waals surface area contributed by atoms with E-state index in [0.29, 0.717) is 22.8 Å². The Labute approximate surface area is 157 Å². The van der Waals surface area contributed by atoms with Crippen LogP contribution < -0.4 is 5.56 Å². The van der Waals surface area contributed by atoms with Gasteiger partial charge < -0.3 is 9.67 Å². The second kappa shape index (κ2) is 8.06. The number of aryl methyl sites for hydroxylation is 1. The Morgan fingerprint density at radius 3 is 2.58 bits per heavy atom. The van der Waals surface area contributed by atoms with Crippen molar-refractivity contribution in [1.29, 1.82) is 0 Å². The molecule has 0 saturated heterocycles. The second-order valence-electron chi connectivity index (χ2n) is 6.50. The van der Waals surface area contributed by atoms with Crippen molar-refractivity contribution in [2.75, 3.05) is 6.61 Å². The van der Waals surface area contributed by atoms with Gasteiger partial charge in [-0.25, -0.2) is 4.98 Å². The molecule has 138 valence electrons. The third-order valence-electron chi connectivity index (χ3n) is 4.73. The van der Waals surface area contributed by atoms with Crippen LogP contribution in [0.4, 0.5) is 0 Å². The van der Waals surface area contributed by atoms with Gasteiger partial charge in [-0.2, -0.15) is 0 Å². The van der Waals surface area contributed by atoms with E-state index in [1.807, 2.05) is 31.2 Å². The Morgan fingerprint density at radius 2 is 1.92 bits per heavy atom. The first-order valence-electron chi connectivity index (χ1n) is 9.05. The zero-order valence-corrected chi connectivity index (χ0v) is 16.0.